The largest absolute Gasteiger partial charge is 0.465 e. The fourth-order valence-electron chi connectivity index (χ4n) is 1.79. The van der Waals surface area contributed by atoms with Crippen LogP contribution in [-0.2, 0) is 4.74 Å². The zero-order chi connectivity index (χ0) is 14.8. The van der Waals surface area contributed by atoms with E-state index in [4.69, 9.17) is 0 Å². The fraction of sp³-hybridized carbons (Fsp3) is 0.278. The van der Waals surface area contributed by atoms with Crippen LogP contribution in [0.5, 0.6) is 0 Å². The van der Waals surface area contributed by atoms with Gasteiger partial charge in [-0.3, -0.25) is 0 Å². The van der Waals surface area contributed by atoms with Crippen molar-refractivity contribution in [3.63, 3.8) is 0 Å². The minimum Gasteiger partial charge on any atom is -0.465 e. The Kier molecular flexibility index (Phi) is 7.12. The van der Waals surface area contributed by atoms with Crippen LogP contribution in [0.25, 0.3) is 6.08 Å². The molecule has 0 aliphatic rings. The average molecular weight is 270 g/mol. The molecular weight excluding hydrogens is 248 g/mol. The van der Waals surface area contributed by atoms with E-state index in [1.807, 2.05) is 30.4 Å². The summed E-state index contributed by atoms with van der Waals surface area (Å²) in [6, 6.07) is 7.34. The van der Waals surface area contributed by atoms with E-state index < -0.39 is 0 Å². The first-order valence-corrected chi connectivity index (χ1v) is 6.93. The summed E-state index contributed by atoms with van der Waals surface area (Å²) in [5.74, 6) is -0.308. The second kappa shape index (κ2) is 8.92. The lowest BCUT2D eigenvalue weighted by atomic mass is 10.1. The molecule has 1 aromatic rings. The zero-order valence-corrected chi connectivity index (χ0v) is 12.4. The van der Waals surface area contributed by atoms with Crippen LogP contribution >= 0.6 is 0 Å². The Balaban J connectivity index is 2.65. The van der Waals surface area contributed by atoms with Crippen molar-refractivity contribution in [1.82, 2.24) is 0 Å². The smallest absolute Gasteiger partial charge is 0.337 e. The van der Waals surface area contributed by atoms with Crippen molar-refractivity contribution < 1.29 is 9.53 Å². The lowest BCUT2D eigenvalue weighted by Crippen LogP contribution is -2.00. The number of esters is 1. The molecular formula is C18H22O2. The third-order valence-corrected chi connectivity index (χ3v) is 2.92. The lowest BCUT2D eigenvalue weighted by Gasteiger charge is -1.99. The molecule has 0 N–H and O–H groups in total. The molecule has 0 fully saturated rings. The normalized spacial score (nSPS) is 12.2. The number of methoxy groups -OCH3 is 1. The highest BCUT2D eigenvalue weighted by molar-refractivity contribution is 5.89. The minimum absolute atomic E-state index is 0.308. The van der Waals surface area contributed by atoms with Crippen LogP contribution in [-0.4, -0.2) is 13.1 Å². The van der Waals surface area contributed by atoms with Crippen molar-refractivity contribution >= 4 is 12.0 Å². The molecule has 0 radical (unpaired) electrons. The summed E-state index contributed by atoms with van der Waals surface area (Å²) in [5.41, 5.74) is 2.97. The second-order valence-electron chi connectivity index (χ2n) is 4.37. The van der Waals surface area contributed by atoms with Crippen molar-refractivity contribution in [2.24, 2.45) is 0 Å². The summed E-state index contributed by atoms with van der Waals surface area (Å²) in [4.78, 5) is 11.3. The van der Waals surface area contributed by atoms with E-state index in [2.05, 4.69) is 30.7 Å². The van der Waals surface area contributed by atoms with Gasteiger partial charge in [0.2, 0.25) is 0 Å². The average Bonchev–Trinajstić information content (AvgIpc) is 2.50. The van der Waals surface area contributed by atoms with E-state index in [0.717, 1.165) is 18.4 Å². The molecule has 2 heteroatoms. The second-order valence-corrected chi connectivity index (χ2v) is 4.37. The Morgan fingerprint density at radius 1 is 1.15 bits per heavy atom. The zero-order valence-electron chi connectivity index (χ0n) is 12.4. The highest BCUT2D eigenvalue weighted by Crippen LogP contribution is 2.08. The molecule has 0 saturated heterocycles. The SMILES string of the molecule is CC/C=C(/C=C/C=C/c1ccc(C(=O)OC)cc1)CC. The van der Waals surface area contributed by atoms with Crippen molar-refractivity contribution in [2.75, 3.05) is 7.11 Å². The fourth-order valence-corrected chi connectivity index (χ4v) is 1.79. The Morgan fingerprint density at radius 3 is 2.40 bits per heavy atom. The predicted molar refractivity (Wildman–Crippen MR) is 84.6 cm³/mol. The van der Waals surface area contributed by atoms with Gasteiger partial charge in [-0.05, 0) is 30.5 Å². The van der Waals surface area contributed by atoms with E-state index in [1.54, 1.807) is 12.1 Å². The van der Waals surface area contributed by atoms with Crippen LogP contribution < -0.4 is 0 Å². The molecule has 20 heavy (non-hydrogen) atoms. The number of allylic oxidation sites excluding steroid dienone is 5. The summed E-state index contributed by atoms with van der Waals surface area (Å²) in [6.07, 6.45) is 12.5. The quantitative estimate of drug-likeness (QED) is 0.549. The van der Waals surface area contributed by atoms with Gasteiger partial charge in [0.1, 0.15) is 0 Å². The van der Waals surface area contributed by atoms with Gasteiger partial charge >= 0.3 is 5.97 Å². The first-order valence-electron chi connectivity index (χ1n) is 6.93. The van der Waals surface area contributed by atoms with Crippen molar-refractivity contribution in [2.45, 2.75) is 26.7 Å². The van der Waals surface area contributed by atoms with Gasteiger partial charge in [-0.25, -0.2) is 4.79 Å². The summed E-state index contributed by atoms with van der Waals surface area (Å²) in [5, 5.41) is 0. The molecule has 0 aliphatic carbocycles. The Hall–Kier alpha value is -2.09. The molecule has 0 saturated carbocycles. The molecule has 0 aromatic heterocycles. The number of rotatable bonds is 6. The highest BCUT2D eigenvalue weighted by Gasteiger charge is 2.02. The van der Waals surface area contributed by atoms with Crippen LogP contribution in [0.4, 0.5) is 0 Å². The molecule has 0 aliphatic heterocycles. The molecule has 0 heterocycles. The maximum Gasteiger partial charge on any atom is 0.337 e. The van der Waals surface area contributed by atoms with Gasteiger partial charge in [0.05, 0.1) is 12.7 Å². The Morgan fingerprint density at radius 2 is 1.85 bits per heavy atom. The van der Waals surface area contributed by atoms with Gasteiger partial charge in [-0.1, -0.05) is 61.9 Å². The van der Waals surface area contributed by atoms with Gasteiger partial charge in [-0.15, -0.1) is 0 Å². The highest BCUT2D eigenvalue weighted by atomic mass is 16.5. The minimum atomic E-state index is -0.308. The molecule has 0 spiro atoms. The molecule has 0 amide bonds. The number of benzene rings is 1. The summed E-state index contributed by atoms with van der Waals surface area (Å²) in [7, 11) is 1.38. The molecule has 2 nitrogen and oxygen atoms in total. The monoisotopic (exact) mass is 270 g/mol. The summed E-state index contributed by atoms with van der Waals surface area (Å²) < 4.78 is 4.66. The molecule has 0 atom stereocenters. The van der Waals surface area contributed by atoms with E-state index >= 15 is 0 Å². The molecule has 0 unspecified atom stereocenters. The standard InChI is InChI=1S/C18H22O2/c1-4-8-15(5-2)9-6-7-10-16-11-13-17(14-12-16)18(19)20-3/h6-14H,4-5H2,1-3H3/b9-6+,10-7+,15-8+. The third-order valence-electron chi connectivity index (χ3n) is 2.92. The van der Waals surface area contributed by atoms with E-state index in [0.29, 0.717) is 5.56 Å². The predicted octanol–water partition coefficient (Wildman–Crippen LogP) is 4.79. The molecule has 106 valence electrons. The molecule has 1 rings (SSSR count). The lowest BCUT2D eigenvalue weighted by molar-refractivity contribution is 0.0601. The van der Waals surface area contributed by atoms with E-state index in [1.165, 1.54) is 12.7 Å². The molecule has 1 aromatic carbocycles. The first-order chi connectivity index (χ1) is 9.71. The Labute approximate surface area is 121 Å². The first kappa shape index (κ1) is 16.0. The van der Waals surface area contributed by atoms with E-state index in [-0.39, 0.29) is 5.97 Å². The molecule has 0 bridgehead atoms. The number of carbonyl (C=O) groups is 1. The van der Waals surface area contributed by atoms with Crippen molar-refractivity contribution in [1.29, 1.82) is 0 Å². The maximum atomic E-state index is 11.3. The van der Waals surface area contributed by atoms with Crippen LogP contribution in [0.3, 0.4) is 0 Å². The number of hydrogen-bond acceptors (Lipinski definition) is 2. The van der Waals surface area contributed by atoms with Crippen LogP contribution in [0, 0.1) is 0 Å². The number of hydrogen-bond donors (Lipinski definition) is 0. The van der Waals surface area contributed by atoms with Crippen molar-refractivity contribution in [3.05, 3.63) is 65.3 Å². The van der Waals surface area contributed by atoms with E-state index in [9.17, 15) is 4.79 Å². The Bertz CT molecular complexity index is 505. The van der Waals surface area contributed by atoms with Gasteiger partial charge in [0, 0.05) is 0 Å². The van der Waals surface area contributed by atoms with Crippen molar-refractivity contribution in [3.8, 4) is 0 Å². The van der Waals surface area contributed by atoms with Gasteiger partial charge in [0.25, 0.3) is 0 Å². The van der Waals surface area contributed by atoms with Crippen LogP contribution in [0.1, 0.15) is 42.6 Å². The van der Waals surface area contributed by atoms with Gasteiger partial charge in [0.15, 0.2) is 0 Å². The van der Waals surface area contributed by atoms with Gasteiger partial charge < -0.3 is 4.74 Å². The maximum absolute atomic E-state index is 11.3. The van der Waals surface area contributed by atoms with Crippen LogP contribution in [0.2, 0.25) is 0 Å². The summed E-state index contributed by atoms with van der Waals surface area (Å²) in [6.45, 7) is 4.29. The van der Waals surface area contributed by atoms with Gasteiger partial charge in [-0.2, -0.15) is 0 Å². The number of ether oxygens (including phenoxy) is 1. The topological polar surface area (TPSA) is 26.3 Å². The van der Waals surface area contributed by atoms with Crippen LogP contribution in [0.15, 0.2) is 54.1 Å². The third kappa shape index (κ3) is 5.27. The number of carbonyl (C=O) groups excluding carboxylic acids is 1. The summed E-state index contributed by atoms with van der Waals surface area (Å²) >= 11 is 0.